The highest BCUT2D eigenvalue weighted by atomic mass is 32.2. The Morgan fingerprint density at radius 1 is 1.11 bits per heavy atom. The van der Waals surface area contributed by atoms with Crippen molar-refractivity contribution in [3.8, 4) is 22.8 Å². The van der Waals surface area contributed by atoms with Crippen molar-refractivity contribution in [2.75, 3.05) is 0 Å². The number of H-pyrrole nitrogens is 2. The molecule has 3 N–H and O–H groups in total. The number of imidazole rings is 1. The van der Waals surface area contributed by atoms with Crippen molar-refractivity contribution in [2.24, 2.45) is 0 Å². The van der Waals surface area contributed by atoms with Crippen LogP contribution in [0.25, 0.3) is 28.1 Å². The second kappa shape index (κ2) is 7.82. The first kappa shape index (κ1) is 19.0. The molecule has 0 spiro atoms. The number of benzene rings is 2. The molecule has 142 valence electrons. The first-order valence-electron chi connectivity index (χ1n) is 7.74. The van der Waals surface area contributed by atoms with Crippen LogP contribution in [-0.2, 0) is 16.8 Å². The molecule has 2 aromatic heterocycles. The topological polar surface area (TPSA) is 187 Å². The molecule has 0 saturated heterocycles. The van der Waals surface area contributed by atoms with Gasteiger partial charge in [0.05, 0.1) is 22.3 Å². The van der Waals surface area contributed by atoms with Gasteiger partial charge in [-0.15, -0.1) is 10.2 Å². The van der Waals surface area contributed by atoms with Crippen LogP contribution in [0.1, 0.15) is 5.82 Å². The lowest BCUT2D eigenvalue weighted by molar-refractivity contribution is 0.477. The molecule has 12 heteroatoms. The number of phenolic OH excluding ortho intramolecular Hbond substituents is 1. The molecule has 2 aromatic carbocycles. The van der Waals surface area contributed by atoms with Crippen molar-refractivity contribution in [1.29, 1.82) is 10.8 Å². The van der Waals surface area contributed by atoms with Gasteiger partial charge in [0.15, 0.2) is 5.82 Å². The van der Waals surface area contributed by atoms with Gasteiger partial charge >= 0.3 is 5.69 Å². The van der Waals surface area contributed by atoms with Gasteiger partial charge in [0.2, 0.25) is 0 Å². The quantitative estimate of drug-likeness (QED) is 0.338. The van der Waals surface area contributed by atoms with Crippen LogP contribution in [0.3, 0.4) is 0 Å². The molecular formula is C16H12N7O4S-. The molecule has 0 aliphatic carbocycles. The van der Waals surface area contributed by atoms with Gasteiger partial charge in [-0.05, 0) is 29.3 Å². The van der Waals surface area contributed by atoms with Gasteiger partial charge in [0.1, 0.15) is 11.6 Å². The van der Waals surface area contributed by atoms with E-state index in [2.05, 4.69) is 20.2 Å². The van der Waals surface area contributed by atoms with Gasteiger partial charge < -0.3 is 19.6 Å². The fraction of sp³-hybridized carbons (Fsp3) is 0.0625. The van der Waals surface area contributed by atoms with E-state index in [-0.39, 0.29) is 23.2 Å². The maximum Gasteiger partial charge on any atom is 0.323 e. The normalized spacial score (nSPS) is 11.7. The molecule has 2 heterocycles. The molecule has 4 rings (SSSR count). The van der Waals surface area contributed by atoms with Gasteiger partial charge in [-0.1, -0.05) is 18.2 Å². The zero-order valence-corrected chi connectivity index (χ0v) is 14.9. The number of hydrogen-bond acceptors (Lipinski definition) is 8. The number of aromatic amines is 2. The summed E-state index contributed by atoms with van der Waals surface area (Å²) in [5, 5.41) is 30.4. The first-order chi connectivity index (χ1) is 13.5. The van der Waals surface area contributed by atoms with Crippen LogP contribution in [0.4, 0.5) is 0 Å². The minimum absolute atomic E-state index is 0.118. The van der Waals surface area contributed by atoms with E-state index in [1.54, 1.807) is 34.9 Å². The summed E-state index contributed by atoms with van der Waals surface area (Å²) < 4.78 is 23.9. The molecule has 1 atom stereocenters. The highest BCUT2D eigenvalue weighted by Crippen LogP contribution is 2.33. The average Bonchev–Trinajstić information content (AvgIpc) is 3.25. The van der Waals surface area contributed by atoms with Crippen LogP contribution in [0, 0.1) is 10.8 Å². The van der Waals surface area contributed by atoms with Crippen LogP contribution in [0.2, 0.25) is 0 Å². The van der Waals surface area contributed by atoms with Gasteiger partial charge in [-0.3, -0.25) is 8.78 Å². The Morgan fingerprint density at radius 3 is 2.39 bits per heavy atom. The number of fused-ring (bicyclic) bond motifs is 1. The van der Waals surface area contributed by atoms with E-state index >= 15 is 0 Å². The van der Waals surface area contributed by atoms with Crippen molar-refractivity contribution in [2.45, 2.75) is 5.75 Å². The predicted octanol–water partition coefficient (Wildman–Crippen LogP) is 1.22. The van der Waals surface area contributed by atoms with E-state index in [1.807, 2.05) is 6.07 Å². The molecule has 4 aromatic rings. The number of aromatic nitrogens is 5. The monoisotopic (exact) mass is 398 g/mol. The lowest BCUT2D eigenvalue weighted by Gasteiger charge is -2.12. The molecule has 0 aliphatic rings. The van der Waals surface area contributed by atoms with Crippen molar-refractivity contribution in [3.05, 3.63) is 58.8 Å². The lowest BCUT2D eigenvalue weighted by atomic mass is 10.1. The van der Waals surface area contributed by atoms with Gasteiger partial charge in [0.25, 0.3) is 0 Å². The number of para-hydroxylation sites is 1. The summed E-state index contributed by atoms with van der Waals surface area (Å²) in [6, 6.07) is 11.9. The number of nitrogens with one attached hydrogen (secondary N) is 2. The van der Waals surface area contributed by atoms with E-state index < -0.39 is 16.8 Å². The molecular weight excluding hydrogens is 386 g/mol. The van der Waals surface area contributed by atoms with Gasteiger partial charge in [-0.25, -0.2) is 4.79 Å². The Bertz CT molecular complexity index is 1230. The fourth-order valence-corrected chi connectivity index (χ4v) is 3.19. The van der Waals surface area contributed by atoms with Crippen molar-refractivity contribution in [3.63, 3.8) is 0 Å². The van der Waals surface area contributed by atoms with Crippen LogP contribution in [0.5, 0.6) is 5.75 Å². The Morgan fingerprint density at radius 2 is 1.75 bits per heavy atom. The second-order valence-electron chi connectivity index (χ2n) is 5.55. The summed E-state index contributed by atoms with van der Waals surface area (Å²) in [7, 11) is 0. The molecule has 11 nitrogen and oxygen atoms in total. The highest BCUT2D eigenvalue weighted by Gasteiger charge is 2.19. The van der Waals surface area contributed by atoms with Gasteiger partial charge in [-0.2, -0.15) is 0 Å². The van der Waals surface area contributed by atoms with E-state index in [1.165, 1.54) is 6.07 Å². The SMILES string of the molecule is N#N.O=c1[nH]c2cc(O)c(-c3nnc(CS(=O)[O-])n3-c3ccccc3)cc2[nH]1. The molecule has 1 unspecified atom stereocenters. The van der Waals surface area contributed by atoms with Gasteiger partial charge in [0, 0.05) is 22.5 Å². The maximum atomic E-state index is 11.5. The standard InChI is InChI=1S/C16H13N5O4S.N2/c22-13-7-12-11(17-16(23)18-12)6-10(13)15-20-19-14(8-26(24)25)21(15)9-4-2-1-3-5-9;1-2/h1-7,22H,8H2,(H,24,25)(H2,17,18,23);/p-1. The third kappa shape index (κ3) is 3.52. The fourth-order valence-electron chi connectivity index (χ4n) is 2.79. The van der Waals surface area contributed by atoms with E-state index in [0.29, 0.717) is 22.3 Å². The zero-order chi connectivity index (χ0) is 20.3. The second-order valence-corrected chi connectivity index (χ2v) is 6.45. The summed E-state index contributed by atoms with van der Waals surface area (Å²) in [6.07, 6.45) is 0. The molecule has 0 amide bonds. The Hall–Kier alpha value is -3.82. The first-order valence-corrected chi connectivity index (χ1v) is 8.98. The van der Waals surface area contributed by atoms with Crippen LogP contribution in [0.15, 0.2) is 47.3 Å². The molecule has 0 fully saturated rings. The average molecular weight is 398 g/mol. The van der Waals surface area contributed by atoms with E-state index in [9.17, 15) is 18.7 Å². The summed E-state index contributed by atoms with van der Waals surface area (Å²) >= 11 is -2.36. The number of aromatic hydroxyl groups is 1. The minimum atomic E-state index is -2.36. The molecule has 0 radical (unpaired) electrons. The van der Waals surface area contributed by atoms with Crippen LogP contribution in [-0.4, -0.2) is 38.6 Å². The molecule has 0 bridgehead atoms. The van der Waals surface area contributed by atoms with Crippen LogP contribution >= 0.6 is 0 Å². The number of hydrogen-bond donors (Lipinski definition) is 3. The number of rotatable bonds is 4. The molecule has 28 heavy (non-hydrogen) atoms. The third-order valence-corrected chi connectivity index (χ3v) is 4.36. The van der Waals surface area contributed by atoms with Crippen LogP contribution < -0.4 is 5.69 Å². The number of nitrogens with zero attached hydrogens (tertiary/aromatic N) is 5. The Balaban J connectivity index is 0.00000109. The summed E-state index contributed by atoms with van der Waals surface area (Å²) in [6.45, 7) is 0. The summed E-state index contributed by atoms with van der Waals surface area (Å²) in [5.41, 5.74) is 1.49. The van der Waals surface area contributed by atoms with Crippen molar-refractivity contribution < 1.29 is 13.9 Å². The number of phenols is 1. The maximum absolute atomic E-state index is 11.5. The van der Waals surface area contributed by atoms with Crippen molar-refractivity contribution in [1.82, 2.24) is 24.7 Å². The predicted molar refractivity (Wildman–Crippen MR) is 97.0 cm³/mol. The molecule has 0 saturated carbocycles. The summed E-state index contributed by atoms with van der Waals surface area (Å²) in [4.78, 5) is 16.6. The highest BCUT2D eigenvalue weighted by molar-refractivity contribution is 7.78. The van der Waals surface area contributed by atoms with E-state index in [4.69, 9.17) is 10.8 Å². The van der Waals surface area contributed by atoms with Crippen molar-refractivity contribution >= 4 is 22.1 Å². The van der Waals surface area contributed by atoms with E-state index in [0.717, 1.165) is 0 Å². The smallest absolute Gasteiger partial charge is 0.323 e. The Kier molecular flexibility index (Phi) is 5.30. The largest absolute Gasteiger partial charge is 0.772 e. The zero-order valence-electron chi connectivity index (χ0n) is 14.1. The third-order valence-electron chi connectivity index (χ3n) is 3.86. The summed E-state index contributed by atoms with van der Waals surface area (Å²) in [5.74, 6) is 0.0260. The Labute approximate surface area is 159 Å². The molecule has 0 aliphatic heterocycles. The minimum Gasteiger partial charge on any atom is -0.772 e. The lowest BCUT2D eigenvalue weighted by Crippen LogP contribution is -2.06.